The molecule has 3 aromatic rings. The van der Waals surface area contributed by atoms with E-state index in [2.05, 4.69) is 19.2 Å². The van der Waals surface area contributed by atoms with Crippen LogP contribution in [0.5, 0.6) is 11.5 Å². The van der Waals surface area contributed by atoms with Crippen LogP contribution in [0.15, 0.2) is 78.5 Å². The number of carbonyl (C=O) groups is 2. The molecule has 0 saturated carbocycles. The Morgan fingerprint density at radius 1 is 0.794 bits per heavy atom. The fourth-order valence-corrected chi connectivity index (χ4v) is 4.04. The summed E-state index contributed by atoms with van der Waals surface area (Å²) in [6.45, 7) is 4.34. The Morgan fingerprint density at radius 2 is 1.41 bits per heavy atom. The highest BCUT2D eigenvalue weighted by atomic mass is 16.5. The molecule has 174 valence electrons. The SMILES string of the molecule is COc1ccccc1CN1C(=O)C(Nc2ccc(C(C)C)cc2)=C(c2ccccc2OC)C1=O. The van der Waals surface area contributed by atoms with Crippen molar-refractivity contribution in [1.29, 1.82) is 0 Å². The van der Waals surface area contributed by atoms with Crippen molar-refractivity contribution >= 4 is 23.1 Å². The molecule has 34 heavy (non-hydrogen) atoms. The van der Waals surface area contributed by atoms with Crippen molar-refractivity contribution in [2.45, 2.75) is 26.3 Å². The number of rotatable bonds is 8. The number of nitrogens with zero attached hydrogens (tertiary/aromatic N) is 1. The monoisotopic (exact) mass is 456 g/mol. The highest BCUT2D eigenvalue weighted by Crippen LogP contribution is 2.36. The third kappa shape index (κ3) is 4.39. The van der Waals surface area contributed by atoms with Crippen molar-refractivity contribution in [2.24, 2.45) is 0 Å². The minimum atomic E-state index is -0.398. The van der Waals surface area contributed by atoms with Crippen molar-refractivity contribution in [3.05, 3.63) is 95.2 Å². The van der Waals surface area contributed by atoms with Crippen LogP contribution in [0.4, 0.5) is 5.69 Å². The van der Waals surface area contributed by atoms with E-state index in [0.29, 0.717) is 23.0 Å². The van der Waals surface area contributed by atoms with Gasteiger partial charge in [-0.2, -0.15) is 0 Å². The molecule has 2 amide bonds. The number of amides is 2. The van der Waals surface area contributed by atoms with Crippen LogP contribution in [-0.4, -0.2) is 30.9 Å². The highest BCUT2D eigenvalue weighted by Gasteiger charge is 2.40. The standard InChI is InChI=1S/C28H28N2O4/c1-18(2)19-13-15-21(16-14-19)29-26-25(22-10-6-8-12-24(22)34-4)27(31)30(28(26)32)17-20-9-5-7-11-23(20)33-3/h5-16,18,29H,17H2,1-4H3. The van der Waals surface area contributed by atoms with Gasteiger partial charge in [-0.3, -0.25) is 14.5 Å². The molecule has 0 bridgehead atoms. The predicted octanol–water partition coefficient (Wildman–Crippen LogP) is 5.22. The van der Waals surface area contributed by atoms with Crippen molar-refractivity contribution < 1.29 is 19.1 Å². The van der Waals surface area contributed by atoms with E-state index in [1.807, 2.05) is 60.7 Å². The van der Waals surface area contributed by atoms with Gasteiger partial charge in [0.05, 0.1) is 26.3 Å². The Balaban J connectivity index is 1.76. The third-order valence-corrected chi connectivity index (χ3v) is 5.91. The van der Waals surface area contributed by atoms with Gasteiger partial charge in [0, 0.05) is 16.8 Å². The molecule has 1 aliphatic rings. The van der Waals surface area contributed by atoms with Crippen LogP contribution in [0, 0.1) is 0 Å². The molecule has 1 N–H and O–H groups in total. The summed E-state index contributed by atoms with van der Waals surface area (Å²) in [5.74, 6) is 0.745. The zero-order valence-electron chi connectivity index (χ0n) is 19.8. The van der Waals surface area contributed by atoms with E-state index in [0.717, 1.165) is 11.3 Å². The number of hydrogen-bond acceptors (Lipinski definition) is 5. The molecule has 0 unspecified atom stereocenters. The van der Waals surface area contributed by atoms with E-state index in [1.54, 1.807) is 26.4 Å². The molecule has 0 aliphatic carbocycles. The second-order valence-electron chi connectivity index (χ2n) is 8.36. The molecule has 1 heterocycles. The van der Waals surface area contributed by atoms with Crippen LogP contribution in [0.2, 0.25) is 0 Å². The number of methoxy groups -OCH3 is 2. The maximum atomic E-state index is 13.6. The smallest absolute Gasteiger partial charge is 0.278 e. The number of benzene rings is 3. The molecule has 0 atom stereocenters. The second kappa shape index (κ2) is 9.83. The van der Waals surface area contributed by atoms with Crippen LogP contribution in [0.25, 0.3) is 5.57 Å². The number of hydrogen-bond donors (Lipinski definition) is 1. The molecule has 0 aromatic heterocycles. The lowest BCUT2D eigenvalue weighted by molar-refractivity contribution is -0.137. The molecular formula is C28H28N2O4. The fraction of sp³-hybridized carbons (Fsp3) is 0.214. The summed E-state index contributed by atoms with van der Waals surface area (Å²) in [5.41, 5.74) is 3.73. The second-order valence-corrected chi connectivity index (χ2v) is 8.36. The van der Waals surface area contributed by atoms with Crippen LogP contribution in [0.3, 0.4) is 0 Å². The molecule has 4 rings (SSSR count). The van der Waals surface area contributed by atoms with Gasteiger partial charge in [-0.1, -0.05) is 62.4 Å². The van der Waals surface area contributed by atoms with E-state index in [-0.39, 0.29) is 23.7 Å². The maximum Gasteiger partial charge on any atom is 0.278 e. The average molecular weight is 457 g/mol. The lowest BCUT2D eigenvalue weighted by atomic mass is 10.0. The van der Waals surface area contributed by atoms with Gasteiger partial charge in [-0.05, 0) is 35.7 Å². The summed E-state index contributed by atoms with van der Waals surface area (Å²) in [7, 11) is 3.11. The summed E-state index contributed by atoms with van der Waals surface area (Å²) in [6, 6.07) is 22.4. The molecule has 0 fully saturated rings. The summed E-state index contributed by atoms with van der Waals surface area (Å²) < 4.78 is 10.9. The molecular weight excluding hydrogens is 428 g/mol. The first-order chi connectivity index (χ1) is 16.4. The number of imide groups is 1. The maximum absolute atomic E-state index is 13.6. The van der Waals surface area contributed by atoms with Gasteiger partial charge in [0.1, 0.15) is 17.2 Å². The first kappa shape index (κ1) is 23.1. The topological polar surface area (TPSA) is 67.9 Å². The Kier molecular flexibility index (Phi) is 6.68. The van der Waals surface area contributed by atoms with E-state index >= 15 is 0 Å². The van der Waals surface area contributed by atoms with Gasteiger partial charge in [0.15, 0.2) is 0 Å². The van der Waals surface area contributed by atoms with Gasteiger partial charge in [0.25, 0.3) is 11.8 Å². The first-order valence-electron chi connectivity index (χ1n) is 11.2. The summed E-state index contributed by atoms with van der Waals surface area (Å²) in [5, 5.41) is 3.21. The third-order valence-electron chi connectivity index (χ3n) is 5.91. The minimum Gasteiger partial charge on any atom is -0.496 e. The summed E-state index contributed by atoms with van der Waals surface area (Å²) >= 11 is 0. The molecule has 6 nitrogen and oxygen atoms in total. The zero-order chi connectivity index (χ0) is 24.2. The number of nitrogens with one attached hydrogen (secondary N) is 1. The minimum absolute atomic E-state index is 0.0950. The number of carbonyl (C=O) groups excluding carboxylic acids is 2. The normalized spacial score (nSPS) is 13.6. The zero-order valence-corrected chi connectivity index (χ0v) is 19.8. The van der Waals surface area contributed by atoms with E-state index in [1.165, 1.54) is 10.5 Å². The van der Waals surface area contributed by atoms with Crippen molar-refractivity contribution in [3.63, 3.8) is 0 Å². The Hall–Kier alpha value is -4.06. The van der Waals surface area contributed by atoms with Crippen LogP contribution in [0.1, 0.15) is 36.5 Å². The molecule has 3 aromatic carbocycles. The van der Waals surface area contributed by atoms with Crippen LogP contribution in [-0.2, 0) is 16.1 Å². The number of anilines is 1. The Morgan fingerprint density at radius 3 is 2.06 bits per heavy atom. The fourth-order valence-electron chi connectivity index (χ4n) is 4.04. The molecule has 0 spiro atoms. The lowest BCUT2D eigenvalue weighted by Crippen LogP contribution is -2.32. The summed E-state index contributed by atoms with van der Waals surface area (Å²) in [4.78, 5) is 28.5. The van der Waals surface area contributed by atoms with Gasteiger partial charge >= 0.3 is 0 Å². The Bertz CT molecular complexity index is 1250. The average Bonchev–Trinajstić information content (AvgIpc) is 3.08. The van der Waals surface area contributed by atoms with Gasteiger partial charge in [-0.25, -0.2) is 0 Å². The lowest BCUT2D eigenvalue weighted by Gasteiger charge is -2.17. The van der Waals surface area contributed by atoms with E-state index < -0.39 is 5.91 Å². The van der Waals surface area contributed by atoms with E-state index in [4.69, 9.17) is 9.47 Å². The summed E-state index contributed by atoms with van der Waals surface area (Å²) in [6.07, 6.45) is 0. The largest absolute Gasteiger partial charge is 0.496 e. The Labute approximate surface area is 199 Å². The number of para-hydroxylation sites is 2. The van der Waals surface area contributed by atoms with Gasteiger partial charge in [0.2, 0.25) is 0 Å². The van der Waals surface area contributed by atoms with E-state index in [9.17, 15) is 9.59 Å². The van der Waals surface area contributed by atoms with Crippen molar-refractivity contribution in [2.75, 3.05) is 19.5 Å². The quantitative estimate of drug-likeness (QED) is 0.471. The molecule has 1 aliphatic heterocycles. The number of ether oxygens (including phenoxy) is 2. The van der Waals surface area contributed by atoms with Crippen molar-refractivity contribution in [1.82, 2.24) is 4.90 Å². The predicted molar refractivity (Wildman–Crippen MR) is 133 cm³/mol. The first-order valence-corrected chi connectivity index (χ1v) is 11.2. The van der Waals surface area contributed by atoms with Gasteiger partial charge in [-0.15, -0.1) is 0 Å². The van der Waals surface area contributed by atoms with Crippen LogP contribution < -0.4 is 14.8 Å². The van der Waals surface area contributed by atoms with Crippen LogP contribution >= 0.6 is 0 Å². The molecule has 0 radical (unpaired) electrons. The molecule has 6 heteroatoms. The van der Waals surface area contributed by atoms with Gasteiger partial charge < -0.3 is 14.8 Å². The highest BCUT2D eigenvalue weighted by molar-refractivity contribution is 6.37. The molecule has 0 saturated heterocycles. The van der Waals surface area contributed by atoms with Crippen molar-refractivity contribution in [3.8, 4) is 11.5 Å².